The largest absolute Gasteiger partial charge is 0.370 e. The molecule has 1 N–H and O–H groups in total. The molecule has 0 aliphatic heterocycles. The molecule has 0 spiro atoms. The third kappa shape index (κ3) is 2.69. The topological polar surface area (TPSA) is 42.0 Å². The van der Waals surface area contributed by atoms with Gasteiger partial charge in [-0.1, -0.05) is 24.3 Å². The molecule has 0 fully saturated rings. The molecule has 1 aromatic heterocycles. The SMILES string of the molecule is CCNc1ccccn1.O=C1c2cccc1c2. The van der Waals surface area contributed by atoms with Crippen LogP contribution in [0.1, 0.15) is 22.8 Å². The number of ketones is 1. The van der Waals surface area contributed by atoms with Crippen LogP contribution in [0.4, 0.5) is 5.82 Å². The number of nitrogens with one attached hydrogen (secondary N) is 1. The van der Waals surface area contributed by atoms with Crippen molar-refractivity contribution in [3.63, 3.8) is 0 Å². The Labute approximate surface area is 101 Å². The van der Waals surface area contributed by atoms with Crippen LogP contribution in [0.2, 0.25) is 0 Å². The number of carbonyl (C=O) groups excluding carboxylic acids is 1. The molecular weight excluding hydrogens is 212 g/mol. The lowest BCUT2D eigenvalue weighted by atomic mass is 9.92. The molecule has 2 aromatic rings. The summed E-state index contributed by atoms with van der Waals surface area (Å²) in [4.78, 5) is 14.7. The number of aromatic nitrogens is 1. The average Bonchev–Trinajstić information content (AvgIpc) is 2.41. The molecular formula is C14H14N2O. The highest BCUT2D eigenvalue weighted by molar-refractivity contribution is 6.16. The van der Waals surface area contributed by atoms with E-state index in [0.717, 1.165) is 23.5 Å². The van der Waals surface area contributed by atoms with E-state index in [1.807, 2.05) is 42.5 Å². The van der Waals surface area contributed by atoms with E-state index >= 15 is 0 Å². The highest BCUT2D eigenvalue weighted by Gasteiger charge is 2.17. The molecule has 2 aliphatic rings. The lowest BCUT2D eigenvalue weighted by molar-refractivity contribution is 0.102. The minimum Gasteiger partial charge on any atom is -0.370 e. The van der Waals surface area contributed by atoms with Gasteiger partial charge in [0.2, 0.25) is 0 Å². The van der Waals surface area contributed by atoms with Gasteiger partial charge < -0.3 is 5.32 Å². The van der Waals surface area contributed by atoms with Crippen LogP contribution in [0.3, 0.4) is 0 Å². The smallest absolute Gasteiger partial charge is 0.193 e. The molecule has 2 aliphatic carbocycles. The van der Waals surface area contributed by atoms with E-state index in [-0.39, 0.29) is 5.78 Å². The maximum atomic E-state index is 10.7. The van der Waals surface area contributed by atoms with Crippen LogP contribution >= 0.6 is 0 Å². The summed E-state index contributed by atoms with van der Waals surface area (Å²) in [7, 11) is 0. The Morgan fingerprint density at radius 2 is 1.88 bits per heavy atom. The number of hydrogen-bond acceptors (Lipinski definition) is 3. The molecule has 4 rings (SSSR count). The number of nitrogens with zero attached hydrogens (tertiary/aromatic N) is 1. The van der Waals surface area contributed by atoms with Crippen molar-refractivity contribution in [2.75, 3.05) is 11.9 Å². The second kappa shape index (κ2) is 5.25. The Balaban J connectivity index is 0.000000127. The summed E-state index contributed by atoms with van der Waals surface area (Å²) in [6.45, 7) is 2.98. The number of benzene rings is 1. The van der Waals surface area contributed by atoms with Crippen LogP contribution in [-0.4, -0.2) is 17.3 Å². The van der Waals surface area contributed by atoms with E-state index < -0.39 is 0 Å². The average molecular weight is 226 g/mol. The normalized spacial score (nSPS) is 11.0. The lowest BCUT2D eigenvalue weighted by Gasteiger charge is -2.10. The lowest BCUT2D eigenvalue weighted by Crippen LogP contribution is -2.10. The third-order valence-electron chi connectivity index (χ3n) is 2.41. The highest BCUT2D eigenvalue weighted by Crippen LogP contribution is 2.19. The van der Waals surface area contributed by atoms with E-state index in [2.05, 4.69) is 17.2 Å². The molecule has 0 radical (unpaired) electrons. The molecule has 2 bridgehead atoms. The summed E-state index contributed by atoms with van der Waals surface area (Å²) < 4.78 is 0. The number of carbonyl (C=O) groups is 1. The summed E-state index contributed by atoms with van der Waals surface area (Å²) in [5.74, 6) is 1.15. The molecule has 0 saturated carbocycles. The van der Waals surface area contributed by atoms with E-state index in [9.17, 15) is 4.79 Å². The standard InChI is InChI=1S/C7H10N2.C7H4O/c1-2-8-7-5-3-4-6-9-7;8-7-5-2-1-3-6(7)4-5/h3-6H,2H2,1H3,(H,8,9);1-4H. The molecule has 1 heterocycles. The van der Waals surface area contributed by atoms with Crippen molar-refractivity contribution in [3.8, 4) is 0 Å². The van der Waals surface area contributed by atoms with Gasteiger partial charge >= 0.3 is 0 Å². The quantitative estimate of drug-likeness (QED) is 0.730. The van der Waals surface area contributed by atoms with Crippen LogP contribution < -0.4 is 5.32 Å². The second-order valence-electron chi connectivity index (χ2n) is 3.66. The summed E-state index contributed by atoms with van der Waals surface area (Å²) in [5.41, 5.74) is 1.70. The predicted octanol–water partition coefficient (Wildman–Crippen LogP) is 2.74. The van der Waals surface area contributed by atoms with Crippen LogP contribution in [0.5, 0.6) is 0 Å². The Morgan fingerprint density at radius 3 is 2.29 bits per heavy atom. The predicted molar refractivity (Wildman–Crippen MR) is 68.3 cm³/mol. The second-order valence-corrected chi connectivity index (χ2v) is 3.66. The molecule has 0 saturated heterocycles. The summed E-state index contributed by atoms with van der Waals surface area (Å²) >= 11 is 0. The van der Waals surface area contributed by atoms with E-state index in [1.165, 1.54) is 0 Å². The van der Waals surface area contributed by atoms with E-state index in [1.54, 1.807) is 6.20 Å². The van der Waals surface area contributed by atoms with Crippen molar-refractivity contribution in [2.24, 2.45) is 0 Å². The van der Waals surface area contributed by atoms with Gasteiger partial charge in [-0.15, -0.1) is 0 Å². The molecule has 3 nitrogen and oxygen atoms in total. The van der Waals surface area contributed by atoms with Crippen molar-refractivity contribution in [1.82, 2.24) is 4.98 Å². The first kappa shape index (κ1) is 11.3. The fraction of sp³-hybridized carbons (Fsp3) is 0.143. The van der Waals surface area contributed by atoms with Gasteiger partial charge in [-0.2, -0.15) is 0 Å². The van der Waals surface area contributed by atoms with Gasteiger partial charge in [-0.05, 0) is 25.1 Å². The first-order valence-corrected chi connectivity index (χ1v) is 5.61. The summed E-state index contributed by atoms with van der Waals surface area (Å²) in [6.07, 6.45) is 1.78. The van der Waals surface area contributed by atoms with E-state index in [4.69, 9.17) is 0 Å². The minimum atomic E-state index is 0.201. The minimum absolute atomic E-state index is 0.201. The maximum absolute atomic E-state index is 10.7. The Morgan fingerprint density at radius 1 is 1.12 bits per heavy atom. The van der Waals surface area contributed by atoms with Crippen LogP contribution in [0.15, 0.2) is 48.7 Å². The Kier molecular flexibility index (Phi) is 3.50. The zero-order valence-electron chi connectivity index (χ0n) is 9.68. The van der Waals surface area contributed by atoms with Gasteiger partial charge in [0.05, 0.1) is 0 Å². The maximum Gasteiger partial charge on any atom is 0.193 e. The summed E-state index contributed by atoms with van der Waals surface area (Å²) in [5, 5.41) is 3.10. The van der Waals surface area contributed by atoms with Crippen LogP contribution in [-0.2, 0) is 0 Å². The van der Waals surface area contributed by atoms with Gasteiger partial charge in [0.1, 0.15) is 5.82 Å². The number of pyridine rings is 1. The fourth-order valence-electron chi connectivity index (χ4n) is 1.54. The number of hydrogen-bond donors (Lipinski definition) is 1. The van der Waals surface area contributed by atoms with Gasteiger partial charge in [-0.3, -0.25) is 4.79 Å². The van der Waals surface area contributed by atoms with Gasteiger partial charge in [-0.25, -0.2) is 4.98 Å². The van der Waals surface area contributed by atoms with Crippen molar-refractivity contribution >= 4 is 11.6 Å². The van der Waals surface area contributed by atoms with Gasteiger partial charge in [0, 0.05) is 23.9 Å². The number of fused-ring (bicyclic) bond motifs is 2. The van der Waals surface area contributed by atoms with Crippen molar-refractivity contribution in [3.05, 3.63) is 59.8 Å². The first-order valence-electron chi connectivity index (χ1n) is 5.61. The van der Waals surface area contributed by atoms with E-state index in [0.29, 0.717) is 0 Å². The Hall–Kier alpha value is -2.16. The third-order valence-corrected chi connectivity index (χ3v) is 2.41. The van der Waals surface area contributed by atoms with Crippen LogP contribution in [0, 0.1) is 0 Å². The molecule has 1 aromatic carbocycles. The zero-order chi connectivity index (χ0) is 12.1. The zero-order valence-corrected chi connectivity index (χ0v) is 9.68. The number of anilines is 1. The first-order chi connectivity index (χ1) is 8.31. The fourth-order valence-corrected chi connectivity index (χ4v) is 1.54. The number of rotatable bonds is 2. The van der Waals surface area contributed by atoms with Crippen LogP contribution in [0.25, 0.3) is 0 Å². The molecule has 86 valence electrons. The molecule has 17 heavy (non-hydrogen) atoms. The van der Waals surface area contributed by atoms with Gasteiger partial charge in [0.25, 0.3) is 0 Å². The Bertz CT molecular complexity index is 480. The monoisotopic (exact) mass is 226 g/mol. The van der Waals surface area contributed by atoms with Crippen molar-refractivity contribution in [1.29, 1.82) is 0 Å². The molecule has 0 unspecified atom stereocenters. The van der Waals surface area contributed by atoms with Crippen molar-refractivity contribution < 1.29 is 4.79 Å². The molecule has 3 heteroatoms. The van der Waals surface area contributed by atoms with Gasteiger partial charge in [0.15, 0.2) is 5.78 Å². The highest BCUT2D eigenvalue weighted by atomic mass is 16.1. The molecule has 0 amide bonds. The van der Waals surface area contributed by atoms with Crippen molar-refractivity contribution in [2.45, 2.75) is 6.92 Å². The summed E-state index contributed by atoms with van der Waals surface area (Å²) in [6, 6.07) is 13.3. The molecule has 0 atom stereocenters.